The molecule has 1 N–H and O–H groups in total. The SMILES string of the molecule is CCCNCc1oc2ccc(CCOC)cc2c1COC. The van der Waals surface area contributed by atoms with E-state index in [-0.39, 0.29) is 0 Å². The van der Waals surface area contributed by atoms with E-state index in [1.807, 2.05) is 6.07 Å². The summed E-state index contributed by atoms with van der Waals surface area (Å²) in [6.07, 6.45) is 2.02. The molecule has 1 heterocycles. The molecule has 0 saturated heterocycles. The predicted octanol–water partition coefficient (Wildman–Crippen LogP) is 3.27. The summed E-state index contributed by atoms with van der Waals surface area (Å²) in [6.45, 7) is 5.19. The van der Waals surface area contributed by atoms with Crippen molar-refractivity contribution in [3.63, 3.8) is 0 Å². The van der Waals surface area contributed by atoms with Crippen LogP contribution >= 0.6 is 0 Å². The van der Waals surface area contributed by atoms with E-state index in [0.29, 0.717) is 6.61 Å². The third kappa shape index (κ3) is 4.06. The van der Waals surface area contributed by atoms with Gasteiger partial charge in [0.1, 0.15) is 11.3 Å². The van der Waals surface area contributed by atoms with Crippen LogP contribution in [-0.4, -0.2) is 27.4 Å². The summed E-state index contributed by atoms with van der Waals surface area (Å²) in [5.74, 6) is 0.976. The van der Waals surface area contributed by atoms with Gasteiger partial charge < -0.3 is 19.2 Å². The van der Waals surface area contributed by atoms with Gasteiger partial charge in [0.05, 0.1) is 19.8 Å². The molecule has 0 saturated carbocycles. The Balaban J connectivity index is 2.28. The lowest BCUT2D eigenvalue weighted by atomic mass is 10.1. The van der Waals surface area contributed by atoms with Crippen LogP contribution in [0.15, 0.2) is 22.6 Å². The standard InChI is InChI=1S/C17H25NO3/c1-4-8-18-11-17-15(12-20-3)14-10-13(7-9-19-2)5-6-16(14)21-17/h5-6,10,18H,4,7-9,11-12H2,1-3H3. The largest absolute Gasteiger partial charge is 0.459 e. The van der Waals surface area contributed by atoms with Gasteiger partial charge in [-0.3, -0.25) is 0 Å². The molecule has 0 atom stereocenters. The topological polar surface area (TPSA) is 43.6 Å². The van der Waals surface area contributed by atoms with E-state index in [2.05, 4.69) is 24.4 Å². The smallest absolute Gasteiger partial charge is 0.134 e. The zero-order valence-electron chi connectivity index (χ0n) is 13.2. The van der Waals surface area contributed by atoms with Crippen molar-refractivity contribution in [1.82, 2.24) is 5.32 Å². The molecule has 116 valence electrons. The van der Waals surface area contributed by atoms with Gasteiger partial charge in [0.2, 0.25) is 0 Å². The molecular weight excluding hydrogens is 266 g/mol. The first-order valence-electron chi connectivity index (χ1n) is 7.52. The number of nitrogens with one attached hydrogen (secondary N) is 1. The molecule has 0 aliphatic rings. The zero-order chi connectivity index (χ0) is 15.1. The monoisotopic (exact) mass is 291 g/mol. The van der Waals surface area contributed by atoms with Crippen LogP contribution in [0.4, 0.5) is 0 Å². The van der Waals surface area contributed by atoms with E-state index in [9.17, 15) is 0 Å². The minimum Gasteiger partial charge on any atom is -0.459 e. The number of fused-ring (bicyclic) bond motifs is 1. The van der Waals surface area contributed by atoms with E-state index in [1.165, 1.54) is 5.56 Å². The van der Waals surface area contributed by atoms with Crippen molar-refractivity contribution in [2.24, 2.45) is 0 Å². The molecule has 2 rings (SSSR count). The second-order valence-corrected chi connectivity index (χ2v) is 5.19. The lowest BCUT2D eigenvalue weighted by Crippen LogP contribution is -2.14. The third-order valence-corrected chi connectivity index (χ3v) is 3.53. The van der Waals surface area contributed by atoms with Crippen molar-refractivity contribution < 1.29 is 13.9 Å². The average Bonchev–Trinajstić information content (AvgIpc) is 2.83. The Kier molecular flexibility index (Phi) is 6.23. The number of hydrogen-bond acceptors (Lipinski definition) is 4. The van der Waals surface area contributed by atoms with Crippen LogP contribution in [0, 0.1) is 0 Å². The summed E-state index contributed by atoms with van der Waals surface area (Å²) in [6, 6.07) is 6.34. The van der Waals surface area contributed by atoms with Crippen molar-refractivity contribution in [2.45, 2.75) is 32.9 Å². The number of methoxy groups -OCH3 is 2. The molecule has 4 nitrogen and oxygen atoms in total. The minimum atomic E-state index is 0.573. The highest BCUT2D eigenvalue weighted by Gasteiger charge is 2.14. The molecule has 0 radical (unpaired) electrons. The van der Waals surface area contributed by atoms with Crippen molar-refractivity contribution in [3.8, 4) is 0 Å². The molecular formula is C17H25NO3. The molecule has 0 unspecified atom stereocenters. The molecule has 0 amide bonds. The summed E-state index contributed by atoms with van der Waals surface area (Å²) in [5.41, 5.74) is 3.34. The first kappa shape index (κ1) is 16.0. The molecule has 2 aromatic rings. The Morgan fingerprint density at radius 2 is 2.05 bits per heavy atom. The number of hydrogen-bond donors (Lipinski definition) is 1. The fraction of sp³-hybridized carbons (Fsp3) is 0.529. The van der Waals surface area contributed by atoms with Crippen LogP contribution in [0.1, 0.15) is 30.2 Å². The maximum atomic E-state index is 5.98. The van der Waals surface area contributed by atoms with Gasteiger partial charge in [0.15, 0.2) is 0 Å². The molecule has 1 aromatic heterocycles. The Morgan fingerprint density at radius 1 is 1.19 bits per heavy atom. The first-order valence-corrected chi connectivity index (χ1v) is 7.52. The summed E-state index contributed by atoms with van der Waals surface area (Å²) < 4.78 is 16.5. The summed E-state index contributed by atoms with van der Waals surface area (Å²) >= 11 is 0. The van der Waals surface area contributed by atoms with Crippen LogP contribution in [0.25, 0.3) is 11.0 Å². The summed E-state index contributed by atoms with van der Waals surface area (Å²) in [4.78, 5) is 0. The average molecular weight is 291 g/mol. The van der Waals surface area contributed by atoms with Gasteiger partial charge in [-0.25, -0.2) is 0 Å². The van der Waals surface area contributed by atoms with Crippen LogP contribution in [-0.2, 0) is 29.0 Å². The Labute approximate surface area is 126 Å². The lowest BCUT2D eigenvalue weighted by molar-refractivity contribution is 0.183. The molecule has 1 aromatic carbocycles. The van der Waals surface area contributed by atoms with Gasteiger partial charge in [0, 0.05) is 25.2 Å². The van der Waals surface area contributed by atoms with Gasteiger partial charge in [0.25, 0.3) is 0 Å². The van der Waals surface area contributed by atoms with E-state index in [0.717, 1.165) is 54.8 Å². The first-order chi connectivity index (χ1) is 10.3. The zero-order valence-corrected chi connectivity index (χ0v) is 13.2. The van der Waals surface area contributed by atoms with Gasteiger partial charge in [-0.05, 0) is 37.1 Å². The second kappa shape index (κ2) is 8.17. The fourth-order valence-electron chi connectivity index (χ4n) is 2.45. The Morgan fingerprint density at radius 3 is 2.76 bits per heavy atom. The van der Waals surface area contributed by atoms with E-state index in [4.69, 9.17) is 13.9 Å². The number of rotatable bonds is 9. The second-order valence-electron chi connectivity index (χ2n) is 5.19. The highest BCUT2D eigenvalue weighted by molar-refractivity contribution is 5.83. The van der Waals surface area contributed by atoms with Gasteiger partial charge in [-0.2, -0.15) is 0 Å². The highest BCUT2D eigenvalue weighted by atomic mass is 16.5. The van der Waals surface area contributed by atoms with E-state index in [1.54, 1.807) is 14.2 Å². The van der Waals surface area contributed by atoms with Crippen LogP contribution < -0.4 is 5.32 Å². The van der Waals surface area contributed by atoms with Crippen LogP contribution in [0.3, 0.4) is 0 Å². The molecule has 0 fully saturated rings. The molecule has 21 heavy (non-hydrogen) atoms. The van der Waals surface area contributed by atoms with E-state index >= 15 is 0 Å². The molecule has 4 heteroatoms. The molecule has 0 aliphatic carbocycles. The number of benzene rings is 1. The number of furan rings is 1. The molecule has 0 bridgehead atoms. The summed E-state index contributed by atoms with van der Waals surface area (Å²) in [5, 5.41) is 4.54. The van der Waals surface area contributed by atoms with Gasteiger partial charge >= 0.3 is 0 Å². The fourth-order valence-corrected chi connectivity index (χ4v) is 2.45. The van der Waals surface area contributed by atoms with Gasteiger partial charge in [-0.15, -0.1) is 0 Å². The van der Waals surface area contributed by atoms with Crippen LogP contribution in [0.2, 0.25) is 0 Å². The number of ether oxygens (including phenoxy) is 2. The third-order valence-electron chi connectivity index (χ3n) is 3.53. The van der Waals surface area contributed by atoms with Crippen molar-refractivity contribution in [3.05, 3.63) is 35.1 Å². The van der Waals surface area contributed by atoms with Crippen molar-refractivity contribution in [1.29, 1.82) is 0 Å². The van der Waals surface area contributed by atoms with E-state index < -0.39 is 0 Å². The normalized spacial score (nSPS) is 11.4. The van der Waals surface area contributed by atoms with Crippen molar-refractivity contribution >= 4 is 11.0 Å². The van der Waals surface area contributed by atoms with Crippen molar-refractivity contribution in [2.75, 3.05) is 27.4 Å². The quantitative estimate of drug-likeness (QED) is 0.720. The van der Waals surface area contributed by atoms with Gasteiger partial charge in [-0.1, -0.05) is 13.0 Å². The minimum absolute atomic E-state index is 0.573. The molecule has 0 aliphatic heterocycles. The maximum absolute atomic E-state index is 5.98. The summed E-state index contributed by atoms with van der Waals surface area (Å²) in [7, 11) is 3.45. The highest BCUT2D eigenvalue weighted by Crippen LogP contribution is 2.28. The Bertz CT molecular complexity index is 562. The van der Waals surface area contributed by atoms with Crippen LogP contribution in [0.5, 0.6) is 0 Å². The lowest BCUT2D eigenvalue weighted by Gasteiger charge is -2.04. The molecule has 0 spiro atoms. The maximum Gasteiger partial charge on any atom is 0.134 e. The Hall–Kier alpha value is -1.36. The predicted molar refractivity (Wildman–Crippen MR) is 84.5 cm³/mol.